The number of carbonyl (C=O) groups excluding carboxylic acids is 1. The van der Waals surface area contributed by atoms with Crippen molar-refractivity contribution in [3.8, 4) is 0 Å². The van der Waals surface area contributed by atoms with Gasteiger partial charge in [-0.1, -0.05) is 0 Å². The van der Waals surface area contributed by atoms with Crippen LogP contribution in [0.2, 0.25) is 0 Å². The van der Waals surface area contributed by atoms with E-state index >= 15 is 0 Å². The zero-order chi connectivity index (χ0) is 9.84. The predicted octanol–water partition coefficient (Wildman–Crippen LogP) is 1.28. The first-order valence-electron chi connectivity index (χ1n) is 4.89. The van der Waals surface area contributed by atoms with Crippen LogP contribution in [0.1, 0.15) is 25.7 Å². The third-order valence-electron chi connectivity index (χ3n) is 2.96. The first-order valence-corrected chi connectivity index (χ1v) is 4.89. The Morgan fingerprint density at radius 3 is 2.15 bits per heavy atom. The van der Waals surface area contributed by atoms with Gasteiger partial charge in [-0.3, -0.25) is 4.79 Å². The van der Waals surface area contributed by atoms with Crippen LogP contribution >= 0.6 is 0 Å². The Morgan fingerprint density at radius 1 is 1.23 bits per heavy atom. The summed E-state index contributed by atoms with van der Waals surface area (Å²) in [5.41, 5.74) is 0. The van der Waals surface area contributed by atoms with Crippen LogP contribution in [0.3, 0.4) is 0 Å². The number of carbonyl (C=O) groups is 1. The van der Waals surface area contributed by atoms with Crippen molar-refractivity contribution in [3.63, 3.8) is 0 Å². The molecule has 13 heavy (non-hydrogen) atoms. The van der Waals surface area contributed by atoms with Crippen LogP contribution in [0.5, 0.6) is 0 Å². The van der Waals surface area contributed by atoms with Gasteiger partial charge in [-0.15, -0.1) is 0 Å². The van der Waals surface area contributed by atoms with E-state index < -0.39 is 0 Å². The molecule has 1 saturated carbocycles. The minimum Gasteiger partial charge on any atom is -0.469 e. The molecule has 0 aromatic rings. The van der Waals surface area contributed by atoms with Crippen LogP contribution in [0.25, 0.3) is 0 Å². The van der Waals surface area contributed by atoms with Gasteiger partial charge in [-0.25, -0.2) is 0 Å². The first-order chi connectivity index (χ1) is 6.15. The smallest absolute Gasteiger partial charge is 0.308 e. The van der Waals surface area contributed by atoms with Gasteiger partial charge in [-0.2, -0.15) is 0 Å². The summed E-state index contributed by atoms with van der Waals surface area (Å²) in [6, 6.07) is 0.654. The fourth-order valence-corrected chi connectivity index (χ4v) is 1.99. The summed E-state index contributed by atoms with van der Waals surface area (Å²) < 4.78 is 4.73. The van der Waals surface area contributed by atoms with Gasteiger partial charge in [0.2, 0.25) is 0 Å². The molecule has 1 fully saturated rings. The minimum atomic E-state index is -0.0304. The summed E-state index contributed by atoms with van der Waals surface area (Å²) in [5.74, 6) is 0.124. The van der Waals surface area contributed by atoms with E-state index in [4.69, 9.17) is 4.74 Å². The lowest BCUT2D eigenvalue weighted by Gasteiger charge is -2.31. The first kappa shape index (κ1) is 10.5. The summed E-state index contributed by atoms with van der Waals surface area (Å²) in [7, 11) is 5.67. The molecule has 0 amide bonds. The molecule has 3 nitrogen and oxygen atoms in total. The van der Waals surface area contributed by atoms with E-state index in [-0.39, 0.29) is 11.9 Å². The second-order valence-corrected chi connectivity index (χ2v) is 3.99. The maximum absolute atomic E-state index is 11.2. The molecule has 76 valence electrons. The third-order valence-corrected chi connectivity index (χ3v) is 2.96. The summed E-state index contributed by atoms with van der Waals surface area (Å²) in [6.45, 7) is 0. The van der Waals surface area contributed by atoms with Crippen LogP contribution < -0.4 is 0 Å². The van der Waals surface area contributed by atoms with Crippen molar-refractivity contribution in [1.82, 2.24) is 4.90 Å². The summed E-state index contributed by atoms with van der Waals surface area (Å²) in [5, 5.41) is 0. The van der Waals surface area contributed by atoms with E-state index in [1.165, 1.54) is 7.11 Å². The summed E-state index contributed by atoms with van der Waals surface area (Å²) in [6.07, 6.45) is 4.20. The number of nitrogens with zero attached hydrogens (tertiary/aromatic N) is 1. The quantitative estimate of drug-likeness (QED) is 0.607. The number of ether oxygens (including phenoxy) is 1. The molecule has 0 heterocycles. The zero-order valence-electron chi connectivity index (χ0n) is 8.75. The van der Waals surface area contributed by atoms with Gasteiger partial charge in [0.15, 0.2) is 0 Å². The molecule has 0 spiro atoms. The fourth-order valence-electron chi connectivity index (χ4n) is 1.99. The largest absolute Gasteiger partial charge is 0.469 e. The fraction of sp³-hybridized carbons (Fsp3) is 0.900. The Morgan fingerprint density at radius 2 is 1.77 bits per heavy atom. The molecule has 0 bridgehead atoms. The van der Waals surface area contributed by atoms with Gasteiger partial charge in [0.05, 0.1) is 13.0 Å². The van der Waals surface area contributed by atoms with Gasteiger partial charge in [-0.05, 0) is 39.8 Å². The van der Waals surface area contributed by atoms with E-state index in [1.807, 2.05) is 0 Å². The standard InChI is InChI=1S/C10H19NO2/c1-11(2)9-6-4-8(5-7-9)10(12)13-3/h8-9H,4-7H2,1-3H3. The Bertz CT molecular complexity index is 172. The molecular formula is C10H19NO2. The average Bonchev–Trinajstić information content (AvgIpc) is 2.17. The highest BCUT2D eigenvalue weighted by Crippen LogP contribution is 2.27. The minimum absolute atomic E-state index is 0.0304. The number of hydrogen-bond acceptors (Lipinski definition) is 3. The van der Waals surface area contributed by atoms with Gasteiger partial charge in [0.1, 0.15) is 0 Å². The molecular weight excluding hydrogens is 166 g/mol. The third kappa shape index (κ3) is 2.69. The van der Waals surface area contributed by atoms with Crippen molar-refractivity contribution in [2.75, 3.05) is 21.2 Å². The van der Waals surface area contributed by atoms with Crippen LogP contribution in [0.4, 0.5) is 0 Å². The molecule has 0 aromatic carbocycles. The van der Waals surface area contributed by atoms with Gasteiger partial charge < -0.3 is 9.64 Å². The molecule has 0 N–H and O–H groups in total. The number of esters is 1. The molecule has 0 saturated heterocycles. The van der Waals surface area contributed by atoms with Crippen LogP contribution in [0.15, 0.2) is 0 Å². The van der Waals surface area contributed by atoms with Crippen molar-refractivity contribution in [1.29, 1.82) is 0 Å². The highest BCUT2D eigenvalue weighted by Gasteiger charge is 2.27. The van der Waals surface area contributed by atoms with E-state index in [0.717, 1.165) is 25.7 Å². The van der Waals surface area contributed by atoms with Crippen molar-refractivity contribution < 1.29 is 9.53 Å². The van der Waals surface area contributed by atoms with Crippen molar-refractivity contribution in [2.45, 2.75) is 31.7 Å². The maximum Gasteiger partial charge on any atom is 0.308 e. The summed E-state index contributed by atoms with van der Waals surface area (Å²) >= 11 is 0. The number of rotatable bonds is 2. The van der Waals surface area contributed by atoms with Gasteiger partial charge in [0.25, 0.3) is 0 Å². The normalized spacial score (nSPS) is 28.9. The topological polar surface area (TPSA) is 29.5 Å². The zero-order valence-corrected chi connectivity index (χ0v) is 8.75. The van der Waals surface area contributed by atoms with E-state index in [2.05, 4.69) is 19.0 Å². The predicted molar refractivity (Wildman–Crippen MR) is 51.4 cm³/mol. The van der Waals surface area contributed by atoms with E-state index in [1.54, 1.807) is 0 Å². The maximum atomic E-state index is 11.2. The van der Waals surface area contributed by atoms with Gasteiger partial charge >= 0.3 is 5.97 Å². The summed E-state index contributed by atoms with van der Waals surface area (Å²) in [4.78, 5) is 13.5. The number of hydrogen-bond donors (Lipinski definition) is 0. The van der Waals surface area contributed by atoms with E-state index in [9.17, 15) is 4.79 Å². The Hall–Kier alpha value is -0.570. The van der Waals surface area contributed by atoms with Crippen molar-refractivity contribution in [2.24, 2.45) is 5.92 Å². The Labute approximate surface area is 80.1 Å². The molecule has 1 aliphatic carbocycles. The van der Waals surface area contributed by atoms with E-state index in [0.29, 0.717) is 6.04 Å². The second-order valence-electron chi connectivity index (χ2n) is 3.99. The monoisotopic (exact) mass is 185 g/mol. The van der Waals surface area contributed by atoms with Crippen molar-refractivity contribution in [3.05, 3.63) is 0 Å². The molecule has 0 aliphatic heterocycles. The molecule has 0 radical (unpaired) electrons. The molecule has 1 rings (SSSR count). The number of methoxy groups -OCH3 is 1. The highest BCUT2D eigenvalue weighted by atomic mass is 16.5. The molecule has 0 unspecified atom stereocenters. The molecule has 0 aromatic heterocycles. The van der Waals surface area contributed by atoms with Crippen LogP contribution in [-0.4, -0.2) is 38.1 Å². The molecule has 1 aliphatic rings. The molecule has 0 atom stereocenters. The van der Waals surface area contributed by atoms with Crippen LogP contribution in [-0.2, 0) is 9.53 Å². The second kappa shape index (κ2) is 4.61. The lowest BCUT2D eigenvalue weighted by Crippen LogP contribution is -2.34. The lowest BCUT2D eigenvalue weighted by atomic mass is 9.86. The van der Waals surface area contributed by atoms with Crippen molar-refractivity contribution >= 4 is 5.97 Å². The molecule has 3 heteroatoms. The highest BCUT2D eigenvalue weighted by molar-refractivity contribution is 5.72. The van der Waals surface area contributed by atoms with Crippen LogP contribution in [0, 0.1) is 5.92 Å². The lowest BCUT2D eigenvalue weighted by molar-refractivity contribution is -0.146. The SMILES string of the molecule is COC(=O)C1CCC(N(C)C)CC1. The average molecular weight is 185 g/mol. The Kier molecular flexibility index (Phi) is 3.72. The Balaban J connectivity index is 2.34. The van der Waals surface area contributed by atoms with Gasteiger partial charge in [0, 0.05) is 6.04 Å².